The molecule has 7 heteroatoms. The summed E-state index contributed by atoms with van der Waals surface area (Å²) in [6.45, 7) is 1.90. The number of rotatable bonds is 7. The highest BCUT2D eigenvalue weighted by molar-refractivity contribution is 8.24. The van der Waals surface area contributed by atoms with Crippen molar-refractivity contribution < 1.29 is 27.8 Å². The summed E-state index contributed by atoms with van der Waals surface area (Å²) in [5, 5.41) is 0. The molecule has 0 amide bonds. The van der Waals surface area contributed by atoms with Gasteiger partial charge in [-0.25, -0.2) is 4.39 Å². The summed E-state index contributed by atoms with van der Waals surface area (Å²) < 4.78 is 45.7. The minimum absolute atomic E-state index is 0.00255. The largest absolute Gasteiger partial charge is 0.454 e. The standard InChI is InChI=1S/C26H25FO5S/c1-2-33(29,30)21-7-3-17(4-8-21)18-5-9-22(27)19(13-18)14-25(28)26(11-12-26)20-6-10-23-24(15-20)32-16-31-23/h3-10,13,15,29-30H,2,11-12,14,16H2,1H3. The van der Waals surface area contributed by atoms with Crippen molar-refractivity contribution in [1.82, 2.24) is 0 Å². The lowest BCUT2D eigenvalue weighted by atomic mass is 9.87. The first-order valence-electron chi connectivity index (χ1n) is 10.9. The van der Waals surface area contributed by atoms with Gasteiger partial charge in [-0.05, 0) is 78.4 Å². The number of hydrogen-bond donors (Lipinski definition) is 2. The highest BCUT2D eigenvalue weighted by Gasteiger charge is 2.51. The Balaban J connectivity index is 1.38. The lowest BCUT2D eigenvalue weighted by Crippen LogP contribution is -2.23. The summed E-state index contributed by atoms with van der Waals surface area (Å²) in [6.07, 6.45) is 1.47. The average Bonchev–Trinajstić information content (AvgIpc) is 3.51. The second-order valence-electron chi connectivity index (χ2n) is 8.54. The summed E-state index contributed by atoms with van der Waals surface area (Å²) in [5.41, 5.74) is 2.23. The number of Topliss-reactive ketones (excluding diaryl/α,β-unsaturated/α-hetero) is 1. The van der Waals surface area contributed by atoms with Crippen LogP contribution in [-0.2, 0) is 16.6 Å². The Labute approximate surface area is 193 Å². The second-order valence-corrected chi connectivity index (χ2v) is 10.9. The number of fused-ring (bicyclic) bond motifs is 1. The zero-order valence-electron chi connectivity index (χ0n) is 18.2. The van der Waals surface area contributed by atoms with E-state index in [2.05, 4.69) is 0 Å². The van der Waals surface area contributed by atoms with Crippen molar-refractivity contribution in [3.63, 3.8) is 0 Å². The molecule has 1 aliphatic heterocycles. The van der Waals surface area contributed by atoms with Gasteiger partial charge in [0.05, 0.1) is 10.3 Å². The van der Waals surface area contributed by atoms with Crippen LogP contribution in [0.3, 0.4) is 0 Å². The van der Waals surface area contributed by atoms with E-state index < -0.39 is 21.8 Å². The Morgan fingerprint density at radius 2 is 1.67 bits per heavy atom. The Hall–Kier alpha value is -2.87. The quantitative estimate of drug-likeness (QED) is 0.432. The molecule has 3 aromatic carbocycles. The Bertz CT molecular complexity index is 1220. The fourth-order valence-electron chi connectivity index (χ4n) is 4.31. The topological polar surface area (TPSA) is 76.0 Å². The van der Waals surface area contributed by atoms with Gasteiger partial charge >= 0.3 is 0 Å². The van der Waals surface area contributed by atoms with Crippen molar-refractivity contribution in [2.24, 2.45) is 0 Å². The van der Waals surface area contributed by atoms with Crippen molar-refractivity contribution in [3.8, 4) is 22.6 Å². The maximum atomic E-state index is 14.7. The monoisotopic (exact) mass is 468 g/mol. The number of ketones is 1. The summed E-state index contributed by atoms with van der Waals surface area (Å²) in [4.78, 5) is 13.8. The average molecular weight is 469 g/mol. The lowest BCUT2D eigenvalue weighted by molar-refractivity contribution is -0.120. The van der Waals surface area contributed by atoms with Crippen LogP contribution in [0.1, 0.15) is 30.9 Å². The first-order valence-corrected chi connectivity index (χ1v) is 12.6. The molecule has 0 bridgehead atoms. The molecule has 0 saturated heterocycles. The molecule has 3 aromatic rings. The molecular weight excluding hydrogens is 443 g/mol. The molecule has 1 heterocycles. The van der Waals surface area contributed by atoms with Crippen molar-refractivity contribution in [3.05, 3.63) is 77.6 Å². The molecule has 0 spiro atoms. The van der Waals surface area contributed by atoms with E-state index in [9.17, 15) is 18.3 Å². The van der Waals surface area contributed by atoms with E-state index in [1.54, 1.807) is 43.3 Å². The van der Waals surface area contributed by atoms with Gasteiger partial charge in [0.25, 0.3) is 0 Å². The predicted molar refractivity (Wildman–Crippen MR) is 126 cm³/mol. The summed E-state index contributed by atoms with van der Waals surface area (Å²) in [6, 6.07) is 17.3. The molecule has 1 saturated carbocycles. The maximum absolute atomic E-state index is 14.7. The molecular formula is C26H25FO5S. The number of halogens is 1. The number of benzene rings is 3. The Kier molecular flexibility index (Phi) is 5.43. The van der Waals surface area contributed by atoms with Gasteiger partial charge in [-0.15, -0.1) is 0 Å². The molecule has 0 radical (unpaired) electrons. The number of carbonyl (C=O) groups excluding carboxylic acids is 1. The molecule has 2 N–H and O–H groups in total. The highest BCUT2D eigenvalue weighted by Crippen LogP contribution is 2.52. The van der Waals surface area contributed by atoms with Crippen LogP contribution in [0.4, 0.5) is 4.39 Å². The molecule has 2 aliphatic rings. The molecule has 0 unspecified atom stereocenters. The lowest BCUT2D eigenvalue weighted by Gasteiger charge is -2.30. The summed E-state index contributed by atoms with van der Waals surface area (Å²) in [7, 11) is -2.79. The van der Waals surface area contributed by atoms with Gasteiger partial charge in [0.15, 0.2) is 11.5 Å². The molecule has 172 valence electrons. The van der Waals surface area contributed by atoms with Crippen molar-refractivity contribution in [2.45, 2.75) is 36.5 Å². The van der Waals surface area contributed by atoms with Crippen molar-refractivity contribution in [1.29, 1.82) is 0 Å². The number of ether oxygens (including phenoxy) is 2. The van der Waals surface area contributed by atoms with Crippen molar-refractivity contribution >= 4 is 16.4 Å². The third-order valence-electron chi connectivity index (χ3n) is 6.57. The van der Waals surface area contributed by atoms with E-state index in [0.29, 0.717) is 22.0 Å². The number of hydrogen-bond acceptors (Lipinski definition) is 5. The van der Waals surface area contributed by atoms with Crippen LogP contribution in [0.5, 0.6) is 11.5 Å². The maximum Gasteiger partial charge on any atom is 0.231 e. The number of carbonyl (C=O) groups is 1. The molecule has 5 nitrogen and oxygen atoms in total. The summed E-state index contributed by atoms with van der Waals surface area (Å²) in [5.74, 6) is 1.14. The normalized spacial score (nSPS) is 16.5. The SMILES string of the molecule is CCS(O)(O)c1ccc(-c2ccc(F)c(CC(=O)C3(c4ccc5c(c4)OCO5)CC3)c2)cc1. The van der Waals surface area contributed by atoms with Gasteiger partial charge in [0.1, 0.15) is 11.6 Å². The zero-order chi connectivity index (χ0) is 23.2. The Morgan fingerprint density at radius 1 is 0.970 bits per heavy atom. The van der Waals surface area contributed by atoms with Crippen molar-refractivity contribution in [2.75, 3.05) is 12.5 Å². The van der Waals surface area contributed by atoms with E-state index in [1.807, 2.05) is 18.2 Å². The van der Waals surface area contributed by atoms with Gasteiger partial charge < -0.3 is 9.47 Å². The summed E-state index contributed by atoms with van der Waals surface area (Å²) >= 11 is 0. The smallest absolute Gasteiger partial charge is 0.231 e. The van der Waals surface area contributed by atoms with Crippen LogP contribution in [0, 0.1) is 5.82 Å². The van der Waals surface area contributed by atoms with Gasteiger partial charge in [0.2, 0.25) is 6.79 Å². The minimum atomic E-state index is -2.79. The van der Waals surface area contributed by atoms with Gasteiger partial charge in [-0.2, -0.15) is 10.6 Å². The van der Waals surface area contributed by atoms with E-state index in [0.717, 1.165) is 29.5 Å². The molecule has 0 atom stereocenters. The van der Waals surface area contributed by atoms with Crippen LogP contribution < -0.4 is 9.47 Å². The second kappa shape index (κ2) is 8.17. The van der Waals surface area contributed by atoms with E-state index in [1.165, 1.54) is 6.07 Å². The molecule has 1 fully saturated rings. The van der Waals surface area contributed by atoms with E-state index >= 15 is 0 Å². The molecule has 0 aromatic heterocycles. The van der Waals surface area contributed by atoms with Gasteiger partial charge in [0, 0.05) is 12.2 Å². The van der Waals surface area contributed by atoms with Crippen LogP contribution in [0.25, 0.3) is 11.1 Å². The predicted octanol–water partition coefficient (Wildman–Crippen LogP) is 6.19. The first-order chi connectivity index (χ1) is 15.8. The molecule has 1 aliphatic carbocycles. The van der Waals surface area contributed by atoms with E-state index in [-0.39, 0.29) is 24.7 Å². The third-order valence-corrected chi connectivity index (χ3v) is 8.41. The first kappa shape index (κ1) is 21.9. The van der Waals surface area contributed by atoms with Gasteiger partial charge in [-0.1, -0.05) is 24.3 Å². The van der Waals surface area contributed by atoms with Crippen LogP contribution >= 0.6 is 10.6 Å². The molecule has 33 heavy (non-hydrogen) atoms. The van der Waals surface area contributed by atoms with Crippen LogP contribution in [0.2, 0.25) is 0 Å². The van der Waals surface area contributed by atoms with Crippen LogP contribution in [0.15, 0.2) is 65.6 Å². The van der Waals surface area contributed by atoms with Gasteiger partial charge in [-0.3, -0.25) is 13.9 Å². The third kappa shape index (κ3) is 4.01. The molecule has 5 rings (SSSR count). The Morgan fingerprint density at radius 3 is 2.36 bits per heavy atom. The fourth-order valence-corrected chi connectivity index (χ4v) is 5.22. The fraction of sp³-hybridized carbons (Fsp3) is 0.269. The van der Waals surface area contributed by atoms with Crippen LogP contribution in [-0.4, -0.2) is 27.4 Å². The zero-order valence-corrected chi connectivity index (χ0v) is 19.0. The highest BCUT2D eigenvalue weighted by atomic mass is 32.3. The van der Waals surface area contributed by atoms with E-state index in [4.69, 9.17) is 9.47 Å². The minimum Gasteiger partial charge on any atom is -0.454 e.